The van der Waals surface area contributed by atoms with Gasteiger partial charge in [0.1, 0.15) is 0 Å². The first kappa shape index (κ1) is 10.2. The summed E-state index contributed by atoms with van der Waals surface area (Å²) < 4.78 is 0. The molecule has 0 aromatic heterocycles. The molecule has 13 heavy (non-hydrogen) atoms. The van der Waals surface area contributed by atoms with Crippen molar-refractivity contribution in [1.82, 2.24) is 0 Å². The minimum absolute atomic E-state index is 0.210. The van der Waals surface area contributed by atoms with Gasteiger partial charge in [-0.05, 0) is 16.5 Å². The van der Waals surface area contributed by atoms with Crippen molar-refractivity contribution >= 4 is 0 Å². The first-order valence-electron chi connectivity index (χ1n) is 4.45. The molecular weight excluding hydrogens is 162 g/mol. The third-order valence-electron chi connectivity index (χ3n) is 2.07. The van der Waals surface area contributed by atoms with E-state index >= 15 is 0 Å². The summed E-state index contributed by atoms with van der Waals surface area (Å²) in [4.78, 5) is 4.55. The van der Waals surface area contributed by atoms with Crippen molar-refractivity contribution in [3.8, 4) is 0 Å². The molecule has 0 unspecified atom stereocenters. The van der Waals surface area contributed by atoms with Gasteiger partial charge in [0.25, 0.3) is 0 Å². The fraction of sp³-hybridized carbons (Fsp3) is 0.455. The maximum Gasteiger partial charge on any atom is 0.0930 e. The first-order chi connectivity index (χ1) is 6.04. The molecule has 0 atom stereocenters. The summed E-state index contributed by atoms with van der Waals surface area (Å²) in [6, 6.07) is 8.34. The summed E-state index contributed by atoms with van der Waals surface area (Å²) in [5.74, 6) is 4.98. The molecule has 2 heteroatoms. The molecule has 2 N–H and O–H groups in total. The van der Waals surface area contributed by atoms with Gasteiger partial charge in [-0.15, -0.1) is 0 Å². The standard InChI is InChI=1S/C11H17NO/c1-11(2,3)10-6-4-9(5-7-10)8-13-12/h4-7H,8,12H2,1-3H3. The molecule has 0 saturated heterocycles. The van der Waals surface area contributed by atoms with E-state index in [2.05, 4.69) is 37.7 Å². The smallest absolute Gasteiger partial charge is 0.0930 e. The van der Waals surface area contributed by atoms with Gasteiger partial charge in [0.05, 0.1) is 6.61 Å². The number of rotatable bonds is 2. The molecule has 1 rings (SSSR count). The highest BCUT2D eigenvalue weighted by molar-refractivity contribution is 5.27. The van der Waals surface area contributed by atoms with Crippen LogP contribution in [0.15, 0.2) is 24.3 Å². The fourth-order valence-electron chi connectivity index (χ4n) is 1.20. The molecule has 0 amide bonds. The Labute approximate surface area is 79.7 Å². The lowest BCUT2D eigenvalue weighted by molar-refractivity contribution is 0.124. The third kappa shape index (κ3) is 2.83. The zero-order valence-corrected chi connectivity index (χ0v) is 8.50. The quantitative estimate of drug-likeness (QED) is 0.707. The Hall–Kier alpha value is -0.860. The molecule has 0 spiro atoms. The van der Waals surface area contributed by atoms with Crippen molar-refractivity contribution in [3.05, 3.63) is 35.4 Å². The summed E-state index contributed by atoms with van der Waals surface area (Å²) in [5.41, 5.74) is 2.64. The van der Waals surface area contributed by atoms with Gasteiger partial charge in [0.15, 0.2) is 0 Å². The highest BCUT2D eigenvalue weighted by atomic mass is 16.6. The number of hydrogen-bond donors (Lipinski definition) is 1. The van der Waals surface area contributed by atoms with Crippen molar-refractivity contribution in [3.63, 3.8) is 0 Å². The molecule has 72 valence electrons. The summed E-state index contributed by atoms with van der Waals surface area (Å²) in [6.45, 7) is 7.06. The molecule has 0 aliphatic carbocycles. The summed E-state index contributed by atoms with van der Waals surface area (Å²) in [5, 5.41) is 0. The second kappa shape index (κ2) is 3.90. The van der Waals surface area contributed by atoms with Gasteiger partial charge >= 0.3 is 0 Å². The zero-order chi connectivity index (χ0) is 9.90. The Balaban J connectivity index is 2.81. The highest BCUT2D eigenvalue weighted by Crippen LogP contribution is 2.22. The fourth-order valence-corrected chi connectivity index (χ4v) is 1.20. The molecule has 0 bridgehead atoms. The second-order valence-electron chi connectivity index (χ2n) is 4.26. The normalized spacial score (nSPS) is 11.7. The van der Waals surface area contributed by atoms with Crippen LogP contribution in [0.4, 0.5) is 0 Å². The molecule has 0 radical (unpaired) electrons. The van der Waals surface area contributed by atoms with Crippen LogP contribution in [0.25, 0.3) is 0 Å². The van der Waals surface area contributed by atoms with E-state index in [-0.39, 0.29) is 5.41 Å². The molecule has 2 nitrogen and oxygen atoms in total. The van der Waals surface area contributed by atoms with E-state index in [0.717, 1.165) is 5.56 Å². The van der Waals surface area contributed by atoms with Crippen LogP contribution >= 0.6 is 0 Å². The van der Waals surface area contributed by atoms with Crippen LogP contribution in [-0.4, -0.2) is 0 Å². The van der Waals surface area contributed by atoms with Crippen LogP contribution in [-0.2, 0) is 16.9 Å². The van der Waals surface area contributed by atoms with E-state index in [0.29, 0.717) is 6.61 Å². The van der Waals surface area contributed by atoms with E-state index in [4.69, 9.17) is 5.90 Å². The minimum atomic E-state index is 0.210. The predicted molar refractivity (Wildman–Crippen MR) is 54.1 cm³/mol. The topological polar surface area (TPSA) is 35.2 Å². The maximum absolute atomic E-state index is 4.98. The van der Waals surface area contributed by atoms with Crippen LogP contribution in [0, 0.1) is 0 Å². The first-order valence-corrected chi connectivity index (χ1v) is 4.45. The lowest BCUT2D eigenvalue weighted by Gasteiger charge is -2.18. The van der Waals surface area contributed by atoms with Gasteiger partial charge in [0.2, 0.25) is 0 Å². The largest absolute Gasteiger partial charge is 0.300 e. The van der Waals surface area contributed by atoms with Gasteiger partial charge in [0, 0.05) is 0 Å². The molecule has 0 aliphatic heterocycles. The summed E-state index contributed by atoms with van der Waals surface area (Å²) >= 11 is 0. The molecule has 0 heterocycles. The van der Waals surface area contributed by atoms with Crippen molar-refractivity contribution in [2.45, 2.75) is 32.8 Å². The second-order valence-corrected chi connectivity index (χ2v) is 4.26. The zero-order valence-electron chi connectivity index (χ0n) is 8.50. The molecule has 1 aromatic carbocycles. The maximum atomic E-state index is 4.98. The Morgan fingerprint density at radius 2 is 1.69 bits per heavy atom. The van der Waals surface area contributed by atoms with E-state index in [1.807, 2.05) is 12.1 Å². The van der Waals surface area contributed by atoms with Crippen molar-refractivity contribution < 1.29 is 4.84 Å². The van der Waals surface area contributed by atoms with Crippen LogP contribution in [0.2, 0.25) is 0 Å². The Bertz CT molecular complexity index is 258. The Morgan fingerprint density at radius 3 is 2.08 bits per heavy atom. The van der Waals surface area contributed by atoms with Gasteiger partial charge < -0.3 is 0 Å². The summed E-state index contributed by atoms with van der Waals surface area (Å²) in [7, 11) is 0. The Kier molecular flexibility index (Phi) is 3.07. The van der Waals surface area contributed by atoms with Gasteiger partial charge in [-0.1, -0.05) is 45.0 Å². The van der Waals surface area contributed by atoms with E-state index in [1.54, 1.807) is 0 Å². The highest BCUT2D eigenvalue weighted by Gasteiger charge is 2.12. The van der Waals surface area contributed by atoms with Crippen LogP contribution in [0.3, 0.4) is 0 Å². The average Bonchev–Trinajstić information content (AvgIpc) is 2.04. The number of benzene rings is 1. The molecule has 0 fully saturated rings. The van der Waals surface area contributed by atoms with E-state index in [1.165, 1.54) is 5.56 Å². The molecule has 0 aliphatic rings. The van der Waals surface area contributed by atoms with Crippen molar-refractivity contribution in [2.75, 3.05) is 0 Å². The molecule has 1 aromatic rings. The average molecular weight is 179 g/mol. The van der Waals surface area contributed by atoms with Crippen molar-refractivity contribution in [1.29, 1.82) is 0 Å². The van der Waals surface area contributed by atoms with Crippen LogP contribution in [0.1, 0.15) is 31.9 Å². The molecular formula is C11H17NO. The minimum Gasteiger partial charge on any atom is -0.300 e. The van der Waals surface area contributed by atoms with Crippen molar-refractivity contribution in [2.24, 2.45) is 5.90 Å². The van der Waals surface area contributed by atoms with Crippen LogP contribution in [0.5, 0.6) is 0 Å². The summed E-state index contributed by atoms with van der Waals surface area (Å²) in [6.07, 6.45) is 0. The SMILES string of the molecule is CC(C)(C)c1ccc(CON)cc1. The monoisotopic (exact) mass is 179 g/mol. The lowest BCUT2D eigenvalue weighted by atomic mass is 9.87. The Morgan fingerprint density at radius 1 is 1.15 bits per heavy atom. The number of nitrogens with two attached hydrogens (primary N) is 1. The lowest BCUT2D eigenvalue weighted by Crippen LogP contribution is -2.10. The number of hydrogen-bond acceptors (Lipinski definition) is 2. The van der Waals surface area contributed by atoms with Gasteiger partial charge in [-0.25, -0.2) is 5.90 Å². The van der Waals surface area contributed by atoms with Crippen LogP contribution < -0.4 is 5.90 Å². The van der Waals surface area contributed by atoms with E-state index in [9.17, 15) is 0 Å². The van der Waals surface area contributed by atoms with Gasteiger partial charge in [-0.3, -0.25) is 4.84 Å². The predicted octanol–water partition coefficient (Wildman–Crippen LogP) is 2.37. The van der Waals surface area contributed by atoms with Gasteiger partial charge in [-0.2, -0.15) is 0 Å². The van der Waals surface area contributed by atoms with E-state index < -0.39 is 0 Å². The molecule has 0 saturated carbocycles. The third-order valence-corrected chi connectivity index (χ3v) is 2.07.